The van der Waals surface area contributed by atoms with Gasteiger partial charge in [0.05, 0.1) is 28.7 Å². The summed E-state index contributed by atoms with van der Waals surface area (Å²) in [5.74, 6) is 0.114. The standard InChI is InChI=1S/C12H11ClN4OS2/c1-7-10(13)9-11(16-6-17-12(9)20-7)19-5-8(18)15-4-2-3-14/h6H,2,4-5H2,1H3,(H,15,18). The van der Waals surface area contributed by atoms with Crippen LogP contribution in [-0.4, -0.2) is 28.2 Å². The Morgan fingerprint density at radius 1 is 1.60 bits per heavy atom. The molecular weight excluding hydrogens is 316 g/mol. The highest BCUT2D eigenvalue weighted by atomic mass is 35.5. The number of halogens is 1. The molecule has 5 nitrogen and oxygen atoms in total. The third kappa shape index (κ3) is 3.39. The molecular formula is C12H11ClN4OS2. The Hall–Kier alpha value is -1.36. The number of thioether (sulfide) groups is 1. The van der Waals surface area contributed by atoms with Gasteiger partial charge in [-0.2, -0.15) is 5.26 Å². The fourth-order valence-corrected chi connectivity index (χ4v) is 3.73. The van der Waals surface area contributed by atoms with Gasteiger partial charge < -0.3 is 5.32 Å². The van der Waals surface area contributed by atoms with E-state index in [9.17, 15) is 4.79 Å². The van der Waals surface area contributed by atoms with Crippen molar-refractivity contribution in [1.82, 2.24) is 15.3 Å². The molecule has 2 aromatic rings. The number of aryl methyl sites for hydroxylation is 1. The largest absolute Gasteiger partial charge is 0.354 e. The lowest BCUT2D eigenvalue weighted by Crippen LogP contribution is -2.25. The second-order valence-corrected chi connectivity index (χ2v) is 6.42. The molecule has 0 fully saturated rings. The van der Waals surface area contributed by atoms with E-state index in [1.165, 1.54) is 29.4 Å². The summed E-state index contributed by atoms with van der Waals surface area (Å²) in [7, 11) is 0. The minimum Gasteiger partial charge on any atom is -0.354 e. The van der Waals surface area contributed by atoms with Gasteiger partial charge in [0.1, 0.15) is 16.2 Å². The van der Waals surface area contributed by atoms with Gasteiger partial charge in [-0.3, -0.25) is 4.79 Å². The number of nitriles is 1. The molecule has 0 spiro atoms. The van der Waals surface area contributed by atoms with Gasteiger partial charge in [0.2, 0.25) is 5.91 Å². The van der Waals surface area contributed by atoms with Crippen LogP contribution < -0.4 is 5.32 Å². The lowest BCUT2D eigenvalue weighted by molar-refractivity contribution is -0.118. The molecule has 0 aliphatic carbocycles. The Morgan fingerprint density at radius 2 is 2.40 bits per heavy atom. The average Bonchev–Trinajstić information content (AvgIpc) is 2.73. The van der Waals surface area contributed by atoms with Crippen LogP contribution in [0.15, 0.2) is 11.4 Å². The summed E-state index contributed by atoms with van der Waals surface area (Å²) in [6, 6.07) is 1.97. The van der Waals surface area contributed by atoms with Gasteiger partial charge in [0, 0.05) is 11.4 Å². The first-order chi connectivity index (χ1) is 9.63. The maximum absolute atomic E-state index is 11.6. The van der Waals surface area contributed by atoms with E-state index in [2.05, 4.69) is 15.3 Å². The Labute approximate surface area is 129 Å². The third-order valence-corrected chi connectivity index (χ3v) is 5.04. The van der Waals surface area contributed by atoms with Crippen LogP contribution in [0.2, 0.25) is 5.02 Å². The minimum atomic E-state index is -0.125. The number of nitrogens with one attached hydrogen (secondary N) is 1. The van der Waals surface area contributed by atoms with Crippen LogP contribution in [0.25, 0.3) is 10.2 Å². The average molecular weight is 327 g/mol. The van der Waals surface area contributed by atoms with Crippen LogP contribution in [0.5, 0.6) is 0 Å². The fraction of sp³-hybridized carbons (Fsp3) is 0.333. The molecule has 0 unspecified atom stereocenters. The predicted octanol–water partition coefficient (Wildman–Crippen LogP) is 2.78. The van der Waals surface area contributed by atoms with E-state index >= 15 is 0 Å². The van der Waals surface area contributed by atoms with Crippen LogP contribution in [0, 0.1) is 18.3 Å². The van der Waals surface area contributed by atoms with E-state index in [1.54, 1.807) is 0 Å². The number of nitrogens with zero attached hydrogens (tertiary/aromatic N) is 3. The second-order valence-electron chi connectivity index (χ2n) is 3.88. The highest BCUT2D eigenvalue weighted by Gasteiger charge is 2.14. The molecule has 0 radical (unpaired) electrons. The highest BCUT2D eigenvalue weighted by Crippen LogP contribution is 2.37. The Balaban J connectivity index is 2.07. The molecule has 0 aliphatic rings. The van der Waals surface area contributed by atoms with E-state index in [0.717, 1.165) is 15.1 Å². The summed E-state index contributed by atoms with van der Waals surface area (Å²) in [4.78, 5) is 21.8. The Kier molecular flexibility index (Phi) is 5.17. The quantitative estimate of drug-likeness (QED) is 0.519. The van der Waals surface area contributed by atoms with Gasteiger partial charge in [-0.1, -0.05) is 23.4 Å². The molecule has 2 rings (SSSR count). The smallest absolute Gasteiger partial charge is 0.230 e. The van der Waals surface area contributed by atoms with Crippen molar-refractivity contribution >= 4 is 50.8 Å². The number of carbonyl (C=O) groups is 1. The molecule has 0 saturated carbocycles. The Morgan fingerprint density at radius 3 is 3.15 bits per heavy atom. The fourth-order valence-electron chi connectivity index (χ4n) is 1.54. The van der Waals surface area contributed by atoms with Crippen molar-refractivity contribution < 1.29 is 4.79 Å². The lowest BCUT2D eigenvalue weighted by Gasteiger charge is -2.03. The van der Waals surface area contributed by atoms with E-state index < -0.39 is 0 Å². The molecule has 20 heavy (non-hydrogen) atoms. The monoisotopic (exact) mass is 326 g/mol. The molecule has 8 heteroatoms. The van der Waals surface area contributed by atoms with Gasteiger partial charge in [-0.05, 0) is 6.92 Å². The molecule has 0 atom stereocenters. The van der Waals surface area contributed by atoms with Gasteiger partial charge >= 0.3 is 0 Å². The molecule has 0 aromatic carbocycles. The number of rotatable bonds is 5. The molecule has 2 heterocycles. The molecule has 0 saturated heterocycles. The summed E-state index contributed by atoms with van der Waals surface area (Å²) >= 11 is 9.08. The summed E-state index contributed by atoms with van der Waals surface area (Å²) in [6.45, 7) is 2.30. The molecule has 0 bridgehead atoms. The van der Waals surface area contributed by atoms with Crippen molar-refractivity contribution in [3.8, 4) is 6.07 Å². The summed E-state index contributed by atoms with van der Waals surface area (Å²) in [5, 5.41) is 13.2. The number of fused-ring (bicyclic) bond motifs is 1. The summed E-state index contributed by atoms with van der Waals surface area (Å²) in [5.41, 5.74) is 0. The molecule has 104 valence electrons. The van der Waals surface area contributed by atoms with Crippen LogP contribution in [0.1, 0.15) is 11.3 Å². The summed E-state index contributed by atoms with van der Waals surface area (Å²) in [6.07, 6.45) is 1.79. The van der Waals surface area contributed by atoms with Crippen LogP contribution in [0.3, 0.4) is 0 Å². The van der Waals surface area contributed by atoms with Crippen molar-refractivity contribution in [1.29, 1.82) is 5.26 Å². The van der Waals surface area contributed by atoms with E-state index in [-0.39, 0.29) is 11.7 Å². The molecule has 1 N–H and O–H groups in total. The lowest BCUT2D eigenvalue weighted by atomic mass is 10.4. The van der Waals surface area contributed by atoms with Crippen molar-refractivity contribution in [2.75, 3.05) is 12.3 Å². The second kappa shape index (κ2) is 6.88. The maximum Gasteiger partial charge on any atom is 0.230 e. The first-order valence-electron chi connectivity index (χ1n) is 5.79. The topological polar surface area (TPSA) is 78.7 Å². The number of thiophene rings is 1. The van der Waals surface area contributed by atoms with E-state index in [4.69, 9.17) is 16.9 Å². The van der Waals surface area contributed by atoms with Gasteiger partial charge in [-0.15, -0.1) is 11.3 Å². The number of carbonyl (C=O) groups excluding carboxylic acids is 1. The summed E-state index contributed by atoms with van der Waals surface area (Å²) < 4.78 is 0. The van der Waals surface area contributed by atoms with Crippen LogP contribution in [0.4, 0.5) is 0 Å². The molecule has 2 aromatic heterocycles. The SMILES string of the molecule is Cc1sc2ncnc(SCC(=O)NCCC#N)c2c1Cl. The van der Waals surface area contributed by atoms with Gasteiger partial charge in [0.25, 0.3) is 0 Å². The van der Waals surface area contributed by atoms with Crippen molar-refractivity contribution in [2.45, 2.75) is 18.4 Å². The van der Waals surface area contributed by atoms with E-state index in [1.807, 2.05) is 13.0 Å². The van der Waals surface area contributed by atoms with Crippen molar-refractivity contribution in [2.24, 2.45) is 0 Å². The van der Waals surface area contributed by atoms with Crippen molar-refractivity contribution in [3.63, 3.8) is 0 Å². The highest BCUT2D eigenvalue weighted by molar-refractivity contribution is 8.00. The van der Waals surface area contributed by atoms with Crippen molar-refractivity contribution in [3.05, 3.63) is 16.2 Å². The zero-order chi connectivity index (χ0) is 14.5. The minimum absolute atomic E-state index is 0.125. The Bertz CT molecular complexity index is 680. The van der Waals surface area contributed by atoms with Gasteiger partial charge in [0.15, 0.2) is 0 Å². The maximum atomic E-state index is 11.6. The zero-order valence-electron chi connectivity index (χ0n) is 10.6. The first-order valence-corrected chi connectivity index (χ1v) is 7.97. The molecule has 1 amide bonds. The van der Waals surface area contributed by atoms with Crippen LogP contribution >= 0.6 is 34.7 Å². The zero-order valence-corrected chi connectivity index (χ0v) is 13.0. The third-order valence-electron chi connectivity index (χ3n) is 2.46. The van der Waals surface area contributed by atoms with E-state index in [0.29, 0.717) is 23.0 Å². The number of hydrogen-bond donors (Lipinski definition) is 1. The van der Waals surface area contributed by atoms with Gasteiger partial charge in [-0.25, -0.2) is 9.97 Å². The number of hydrogen-bond acceptors (Lipinski definition) is 6. The van der Waals surface area contributed by atoms with Crippen LogP contribution in [-0.2, 0) is 4.79 Å². The predicted molar refractivity (Wildman–Crippen MR) is 81.1 cm³/mol. The first kappa shape index (κ1) is 15.0. The number of amides is 1. The number of aromatic nitrogens is 2. The normalized spacial score (nSPS) is 10.4. The molecule has 0 aliphatic heterocycles.